The highest BCUT2D eigenvalue weighted by Gasteiger charge is 2.10. The summed E-state index contributed by atoms with van der Waals surface area (Å²) >= 11 is 0. The number of hydrogen-bond donors (Lipinski definition) is 1. The lowest BCUT2D eigenvalue weighted by molar-refractivity contribution is -0.129. The first kappa shape index (κ1) is 14.6. The Hall–Kier alpha value is -1.39. The molecule has 1 fully saturated rings. The van der Waals surface area contributed by atoms with Gasteiger partial charge in [-0.15, -0.1) is 0 Å². The topological polar surface area (TPSA) is 63.8 Å². The average Bonchev–Trinajstić information content (AvgIpc) is 2.33. The lowest BCUT2D eigenvalue weighted by Crippen LogP contribution is -2.45. The molecule has 1 aromatic carbocycles. The lowest BCUT2D eigenvalue weighted by atomic mass is 10.4. The first-order valence-electron chi connectivity index (χ1n) is 5.27. The number of rotatable bonds is 0. The van der Waals surface area contributed by atoms with Crippen molar-refractivity contribution in [3.63, 3.8) is 0 Å². The number of piperazine rings is 1. The predicted molar refractivity (Wildman–Crippen MR) is 65.2 cm³/mol. The van der Waals surface area contributed by atoms with Crippen LogP contribution in [-0.4, -0.2) is 42.5 Å². The van der Waals surface area contributed by atoms with Gasteiger partial charge in [-0.3, -0.25) is 4.79 Å². The Morgan fingerprint density at radius 1 is 1.00 bits per heavy atom. The standard InChI is InChI=1S/C6H12N2O.C6H6.H2O/c1-6(9)8-4-2-7-3-5-8;1-2-4-6-5-3-1;/h7H,2-5H2,1H3;1-6H;1H2. The van der Waals surface area contributed by atoms with Crippen LogP contribution in [0.1, 0.15) is 6.92 Å². The van der Waals surface area contributed by atoms with Crippen molar-refractivity contribution in [3.05, 3.63) is 36.4 Å². The Kier molecular flexibility index (Phi) is 8.11. The Balaban J connectivity index is 0.000000283. The Labute approximate surface area is 96.6 Å². The number of hydrogen-bond acceptors (Lipinski definition) is 2. The third-order valence-corrected chi connectivity index (χ3v) is 2.23. The first-order valence-corrected chi connectivity index (χ1v) is 5.27. The molecule has 1 aromatic rings. The molecule has 1 saturated heterocycles. The summed E-state index contributed by atoms with van der Waals surface area (Å²) in [6.45, 7) is 5.25. The van der Waals surface area contributed by atoms with Crippen LogP contribution in [0.25, 0.3) is 0 Å². The molecule has 1 heterocycles. The Bertz CT molecular complexity index is 245. The molecule has 90 valence electrons. The number of nitrogens with one attached hydrogen (secondary N) is 1. The fourth-order valence-corrected chi connectivity index (χ4v) is 1.36. The van der Waals surface area contributed by atoms with Crippen LogP contribution >= 0.6 is 0 Å². The van der Waals surface area contributed by atoms with Crippen LogP contribution < -0.4 is 5.32 Å². The molecule has 0 unspecified atom stereocenters. The fourth-order valence-electron chi connectivity index (χ4n) is 1.36. The van der Waals surface area contributed by atoms with Gasteiger partial charge in [0, 0.05) is 33.1 Å². The zero-order valence-electron chi connectivity index (χ0n) is 9.65. The molecule has 0 saturated carbocycles. The fraction of sp³-hybridized carbons (Fsp3) is 0.417. The van der Waals surface area contributed by atoms with Crippen molar-refractivity contribution in [3.8, 4) is 0 Å². The molecule has 16 heavy (non-hydrogen) atoms. The molecule has 0 radical (unpaired) electrons. The van der Waals surface area contributed by atoms with Gasteiger partial charge in [0.25, 0.3) is 0 Å². The molecule has 2 rings (SSSR count). The number of benzene rings is 1. The Morgan fingerprint density at radius 2 is 1.38 bits per heavy atom. The summed E-state index contributed by atoms with van der Waals surface area (Å²) in [7, 11) is 0. The number of carbonyl (C=O) groups excluding carboxylic acids is 1. The van der Waals surface area contributed by atoms with Crippen LogP contribution in [0, 0.1) is 0 Å². The maximum absolute atomic E-state index is 10.7. The van der Waals surface area contributed by atoms with Crippen molar-refractivity contribution in [2.45, 2.75) is 6.92 Å². The lowest BCUT2D eigenvalue weighted by Gasteiger charge is -2.25. The zero-order valence-corrected chi connectivity index (χ0v) is 9.65. The molecule has 1 aliphatic heterocycles. The molecule has 3 N–H and O–H groups in total. The molecule has 4 heteroatoms. The van der Waals surface area contributed by atoms with E-state index in [2.05, 4.69) is 5.32 Å². The molecule has 0 aliphatic carbocycles. The SMILES string of the molecule is CC(=O)N1CCNCC1.O.c1ccccc1. The minimum absolute atomic E-state index is 0. The van der Waals surface area contributed by atoms with Gasteiger partial charge in [-0.2, -0.15) is 0 Å². The third kappa shape index (κ3) is 6.16. The monoisotopic (exact) mass is 224 g/mol. The molecule has 0 aromatic heterocycles. The van der Waals surface area contributed by atoms with E-state index in [9.17, 15) is 4.79 Å². The Morgan fingerprint density at radius 3 is 1.62 bits per heavy atom. The van der Waals surface area contributed by atoms with Gasteiger partial charge in [0.2, 0.25) is 5.91 Å². The van der Waals surface area contributed by atoms with Gasteiger partial charge in [-0.1, -0.05) is 36.4 Å². The van der Waals surface area contributed by atoms with E-state index in [0.29, 0.717) is 0 Å². The van der Waals surface area contributed by atoms with Crippen molar-refractivity contribution in [1.82, 2.24) is 10.2 Å². The van der Waals surface area contributed by atoms with E-state index in [1.807, 2.05) is 41.3 Å². The summed E-state index contributed by atoms with van der Waals surface area (Å²) in [6, 6.07) is 12.0. The molecule has 4 nitrogen and oxygen atoms in total. The van der Waals surface area contributed by atoms with E-state index in [1.54, 1.807) is 6.92 Å². The highest BCUT2D eigenvalue weighted by atomic mass is 16.2. The largest absolute Gasteiger partial charge is 0.412 e. The highest BCUT2D eigenvalue weighted by molar-refractivity contribution is 5.73. The first-order chi connectivity index (χ1) is 7.30. The van der Waals surface area contributed by atoms with Gasteiger partial charge in [-0.25, -0.2) is 0 Å². The smallest absolute Gasteiger partial charge is 0.219 e. The molecule has 1 aliphatic rings. The van der Waals surface area contributed by atoms with E-state index < -0.39 is 0 Å². The molecular weight excluding hydrogens is 204 g/mol. The number of amides is 1. The van der Waals surface area contributed by atoms with Crippen LogP contribution in [0.5, 0.6) is 0 Å². The quantitative estimate of drug-likeness (QED) is 0.689. The minimum atomic E-state index is 0. The molecule has 0 atom stereocenters. The summed E-state index contributed by atoms with van der Waals surface area (Å²) in [4.78, 5) is 12.6. The summed E-state index contributed by atoms with van der Waals surface area (Å²) in [5.41, 5.74) is 0. The van der Waals surface area contributed by atoms with E-state index >= 15 is 0 Å². The van der Waals surface area contributed by atoms with E-state index in [4.69, 9.17) is 0 Å². The van der Waals surface area contributed by atoms with Gasteiger partial charge in [0.15, 0.2) is 0 Å². The number of carbonyl (C=O) groups is 1. The van der Waals surface area contributed by atoms with E-state index in [1.165, 1.54) is 0 Å². The molecule has 0 bridgehead atoms. The van der Waals surface area contributed by atoms with Crippen LogP contribution in [0.15, 0.2) is 36.4 Å². The van der Waals surface area contributed by atoms with Crippen molar-refractivity contribution in [2.24, 2.45) is 0 Å². The maximum Gasteiger partial charge on any atom is 0.219 e. The second-order valence-electron chi connectivity index (χ2n) is 3.41. The van der Waals surface area contributed by atoms with Gasteiger partial charge >= 0.3 is 0 Å². The van der Waals surface area contributed by atoms with Gasteiger partial charge < -0.3 is 15.7 Å². The second-order valence-corrected chi connectivity index (χ2v) is 3.41. The van der Waals surface area contributed by atoms with Crippen molar-refractivity contribution >= 4 is 5.91 Å². The summed E-state index contributed by atoms with van der Waals surface area (Å²) in [6.07, 6.45) is 0. The molecule has 0 spiro atoms. The summed E-state index contributed by atoms with van der Waals surface area (Å²) < 4.78 is 0. The second kappa shape index (κ2) is 8.88. The van der Waals surface area contributed by atoms with E-state index in [-0.39, 0.29) is 11.4 Å². The molecule has 1 amide bonds. The average molecular weight is 224 g/mol. The number of nitrogens with zero attached hydrogens (tertiary/aromatic N) is 1. The highest BCUT2D eigenvalue weighted by Crippen LogP contribution is 1.90. The third-order valence-electron chi connectivity index (χ3n) is 2.23. The van der Waals surface area contributed by atoms with Gasteiger partial charge in [0.1, 0.15) is 0 Å². The normalized spacial score (nSPS) is 14.2. The van der Waals surface area contributed by atoms with Gasteiger partial charge in [0.05, 0.1) is 0 Å². The summed E-state index contributed by atoms with van der Waals surface area (Å²) in [5, 5.41) is 3.18. The summed E-state index contributed by atoms with van der Waals surface area (Å²) in [5.74, 6) is 0.191. The predicted octanol–water partition coefficient (Wildman–Crippen LogP) is 0.300. The van der Waals surface area contributed by atoms with Crippen molar-refractivity contribution < 1.29 is 10.3 Å². The van der Waals surface area contributed by atoms with Crippen LogP contribution in [-0.2, 0) is 4.79 Å². The zero-order chi connectivity index (χ0) is 10.9. The molecular formula is C12H20N2O2. The van der Waals surface area contributed by atoms with Crippen LogP contribution in [0.3, 0.4) is 0 Å². The maximum atomic E-state index is 10.7. The van der Waals surface area contributed by atoms with Gasteiger partial charge in [-0.05, 0) is 0 Å². The van der Waals surface area contributed by atoms with Crippen LogP contribution in [0.2, 0.25) is 0 Å². The van der Waals surface area contributed by atoms with E-state index in [0.717, 1.165) is 26.2 Å². The van der Waals surface area contributed by atoms with Crippen LogP contribution in [0.4, 0.5) is 0 Å². The minimum Gasteiger partial charge on any atom is -0.412 e. The van der Waals surface area contributed by atoms with Crippen molar-refractivity contribution in [2.75, 3.05) is 26.2 Å². The van der Waals surface area contributed by atoms with Crippen molar-refractivity contribution in [1.29, 1.82) is 0 Å².